The highest BCUT2D eigenvalue weighted by Gasteiger charge is 2.28. The number of hydrogen-bond donors (Lipinski definition) is 0. The molecule has 0 fully saturated rings. The van der Waals surface area contributed by atoms with Crippen LogP contribution in [-0.2, 0) is 9.59 Å². The highest BCUT2D eigenvalue weighted by Crippen LogP contribution is 2.11. The first kappa shape index (κ1) is 11.4. The molecule has 0 aliphatic rings. The predicted octanol–water partition coefficient (Wildman–Crippen LogP) is -0.810. The first-order chi connectivity index (χ1) is 4.36. The fraction of sp³-hybridized carbons (Fsp3) is 0.333. The summed E-state index contributed by atoms with van der Waals surface area (Å²) < 4.78 is 31.5. The number of rotatable bonds is 0. The lowest BCUT2D eigenvalue weighted by atomic mass is 10.7. The number of isocyanates is 1. The molecule has 0 aromatic carbocycles. The Morgan fingerprint density at radius 3 is 1.60 bits per heavy atom. The Morgan fingerprint density at radius 2 is 1.60 bits per heavy atom. The van der Waals surface area contributed by atoms with Gasteiger partial charge in [0.1, 0.15) is 5.97 Å². The van der Waals surface area contributed by atoms with Crippen molar-refractivity contribution in [2.24, 2.45) is 0 Å². The van der Waals surface area contributed by atoms with Crippen LogP contribution in [0.5, 0.6) is 0 Å². The van der Waals surface area contributed by atoms with E-state index in [9.17, 15) is 13.2 Å². The second-order valence-corrected chi connectivity index (χ2v) is 0.877. The third-order valence-corrected chi connectivity index (χ3v) is 0.231. The van der Waals surface area contributed by atoms with Crippen molar-refractivity contribution in [1.82, 2.24) is 0 Å². The molecular formula is C3F3NO3-2. The monoisotopic (exact) mass is 155 g/mol. The summed E-state index contributed by atoms with van der Waals surface area (Å²) in [4.78, 5) is 17.0. The van der Waals surface area contributed by atoms with E-state index >= 15 is 0 Å². The highest BCUT2D eigenvalue weighted by molar-refractivity contribution is 5.70. The van der Waals surface area contributed by atoms with E-state index in [1.807, 2.05) is 0 Å². The van der Waals surface area contributed by atoms with E-state index in [0.29, 0.717) is 6.08 Å². The number of alkyl halides is 3. The number of carboxylic acids is 1. The first-order valence-corrected chi connectivity index (χ1v) is 1.65. The van der Waals surface area contributed by atoms with Gasteiger partial charge < -0.3 is 15.3 Å². The molecule has 0 saturated carbocycles. The molecule has 0 heterocycles. The summed E-state index contributed by atoms with van der Waals surface area (Å²) in [6.45, 7) is 0. The second kappa shape index (κ2) is 4.51. The van der Waals surface area contributed by atoms with Crippen LogP contribution in [0.2, 0.25) is 0 Å². The van der Waals surface area contributed by atoms with Crippen LogP contribution in [0.3, 0.4) is 0 Å². The molecule has 0 bridgehead atoms. The van der Waals surface area contributed by atoms with Crippen LogP contribution in [0, 0.1) is 0 Å². The summed E-state index contributed by atoms with van der Waals surface area (Å²) in [6.07, 6.45) is -4.69. The minimum atomic E-state index is -5.19. The minimum absolute atomic E-state index is 0.500. The molecule has 0 rings (SSSR count). The van der Waals surface area contributed by atoms with Gasteiger partial charge in [-0.3, -0.25) is 4.79 Å². The van der Waals surface area contributed by atoms with Crippen LogP contribution >= 0.6 is 0 Å². The number of carbonyl (C=O) groups is 1. The summed E-state index contributed by atoms with van der Waals surface area (Å²) >= 11 is 0. The molecule has 0 aliphatic carbocycles. The molecule has 0 radical (unpaired) electrons. The van der Waals surface area contributed by atoms with Crippen molar-refractivity contribution in [2.45, 2.75) is 6.18 Å². The summed E-state index contributed by atoms with van der Waals surface area (Å²) in [5.41, 5.74) is 0. The molecule has 10 heavy (non-hydrogen) atoms. The number of nitrogens with zero attached hydrogens (tertiary/aromatic N) is 1. The lowest BCUT2D eigenvalue weighted by Crippen LogP contribution is -2.37. The SMILES string of the molecule is O=C([O-])C(F)(F)F.[N-]=C=O. The van der Waals surface area contributed by atoms with Gasteiger partial charge in [0.25, 0.3) is 0 Å². The van der Waals surface area contributed by atoms with Crippen molar-refractivity contribution >= 4 is 12.0 Å². The Morgan fingerprint density at radius 1 is 1.50 bits per heavy atom. The van der Waals surface area contributed by atoms with Crippen LogP contribution < -0.4 is 5.11 Å². The molecule has 0 spiro atoms. The number of halogens is 3. The molecule has 0 aromatic heterocycles. The topological polar surface area (TPSA) is 79.5 Å². The zero-order valence-electron chi connectivity index (χ0n) is 4.31. The van der Waals surface area contributed by atoms with Gasteiger partial charge in [0, 0.05) is 0 Å². The average Bonchev–Trinajstić information content (AvgIpc) is 1.64. The zero-order valence-corrected chi connectivity index (χ0v) is 4.31. The van der Waals surface area contributed by atoms with Gasteiger partial charge in [-0.1, -0.05) is 0 Å². The van der Waals surface area contributed by atoms with E-state index < -0.39 is 12.1 Å². The summed E-state index contributed by atoms with van der Waals surface area (Å²) in [5.74, 6) is -3.01. The normalized spacial score (nSPS) is 8.70. The quantitative estimate of drug-likeness (QED) is 0.339. The second-order valence-electron chi connectivity index (χ2n) is 0.877. The Kier molecular flexibility index (Phi) is 5.16. The van der Waals surface area contributed by atoms with E-state index in [0.717, 1.165) is 0 Å². The van der Waals surface area contributed by atoms with Crippen molar-refractivity contribution in [3.63, 3.8) is 0 Å². The standard InChI is InChI=1S/C2HF3O2.CNO/c3-2(4,5)1(6)7;2-1-3/h(H,6,7);/q;-1/p-1. The van der Waals surface area contributed by atoms with Crippen LogP contribution in [0.15, 0.2) is 0 Å². The van der Waals surface area contributed by atoms with E-state index in [1.54, 1.807) is 0 Å². The summed E-state index contributed by atoms with van der Waals surface area (Å²) in [7, 11) is 0. The van der Waals surface area contributed by atoms with Gasteiger partial charge in [0.05, 0.1) is 0 Å². The molecular weight excluding hydrogens is 155 g/mol. The van der Waals surface area contributed by atoms with Gasteiger partial charge in [0.2, 0.25) is 0 Å². The number of aliphatic carboxylic acids is 1. The maximum absolute atomic E-state index is 10.5. The van der Waals surface area contributed by atoms with Crippen molar-refractivity contribution in [2.75, 3.05) is 0 Å². The van der Waals surface area contributed by atoms with Gasteiger partial charge in [-0.15, -0.1) is 0 Å². The third kappa shape index (κ3) is 9.81. The predicted molar refractivity (Wildman–Crippen MR) is 20.1 cm³/mol. The molecule has 0 aromatic rings. The fourth-order valence-corrected chi connectivity index (χ4v) is 0. The number of carboxylic acid groups (broad SMARTS) is 1. The Hall–Kier alpha value is -1.36. The van der Waals surface area contributed by atoms with Gasteiger partial charge >= 0.3 is 6.18 Å². The average molecular weight is 155 g/mol. The zero-order chi connectivity index (χ0) is 8.78. The molecule has 7 heteroatoms. The molecule has 4 nitrogen and oxygen atoms in total. The molecule has 0 unspecified atom stereocenters. The van der Waals surface area contributed by atoms with Gasteiger partial charge in [-0.25, -0.2) is 0 Å². The molecule has 0 atom stereocenters. The number of hydrogen-bond acceptors (Lipinski definition) is 3. The van der Waals surface area contributed by atoms with E-state index in [4.69, 9.17) is 20.1 Å². The Bertz CT molecular complexity index is 146. The van der Waals surface area contributed by atoms with Crippen LogP contribution in [0.25, 0.3) is 5.41 Å². The molecule has 58 valence electrons. The lowest BCUT2D eigenvalue weighted by molar-refractivity contribution is -0.344. The Labute approximate surface area is 52.8 Å². The van der Waals surface area contributed by atoms with Gasteiger partial charge in [-0.2, -0.15) is 13.2 Å². The van der Waals surface area contributed by atoms with E-state index in [1.165, 1.54) is 0 Å². The maximum Gasteiger partial charge on any atom is 0.430 e. The van der Waals surface area contributed by atoms with Crippen molar-refractivity contribution in [3.8, 4) is 0 Å². The first-order valence-electron chi connectivity index (χ1n) is 1.65. The highest BCUT2D eigenvalue weighted by atomic mass is 19.4. The van der Waals surface area contributed by atoms with E-state index in [2.05, 4.69) is 0 Å². The lowest BCUT2D eigenvalue weighted by Gasteiger charge is -2.03. The maximum atomic E-state index is 10.5. The fourth-order valence-electron chi connectivity index (χ4n) is 0. The van der Waals surface area contributed by atoms with Crippen LogP contribution in [0.1, 0.15) is 0 Å². The minimum Gasteiger partial charge on any atom is -0.724 e. The van der Waals surface area contributed by atoms with Gasteiger partial charge in [-0.05, 0) is 6.08 Å². The molecule has 0 amide bonds. The van der Waals surface area contributed by atoms with Crippen LogP contribution in [-0.4, -0.2) is 18.2 Å². The van der Waals surface area contributed by atoms with Crippen LogP contribution in [0.4, 0.5) is 13.2 Å². The van der Waals surface area contributed by atoms with Crippen molar-refractivity contribution in [3.05, 3.63) is 5.41 Å². The van der Waals surface area contributed by atoms with Gasteiger partial charge in [0.15, 0.2) is 0 Å². The van der Waals surface area contributed by atoms with Crippen molar-refractivity contribution in [1.29, 1.82) is 0 Å². The number of carbonyl (C=O) groups excluding carboxylic acids is 2. The summed E-state index contributed by atoms with van der Waals surface area (Å²) in [5, 5.41) is 15.5. The Balaban J connectivity index is 0. The van der Waals surface area contributed by atoms with E-state index in [-0.39, 0.29) is 0 Å². The van der Waals surface area contributed by atoms with Crippen molar-refractivity contribution < 1.29 is 27.9 Å². The largest absolute Gasteiger partial charge is 0.724 e. The smallest absolute Gasteiger partial charge is 0.430 e. The molecule has 0 N–H and O–H groups in total. The summed E-state index contributed by atoms with van der Waals surface area (Å²) in [6, 6.07) is 0. The molecule has 0 saturated heterocycles. The third-order valence-electron chi connectivity index (χ3n) is 0.231. The molecule has 0 aliphatic heterocycles.